The number of furan rings is 1. The van der Waals surface area contributed by atoms with Crippen LogP contribution in [0.25, 0.3) is 11.3 Å². The smallest absolute Gasteiger partial charge is 0.269 e. The molecule has 0 bridgehead atoms. The average Bonchev–Trinajstić information content (AvgIpc) is 3.21. The van der Waals surface area contributed by atoms with Crippen molar-refractivity contribution in [3.05, 3.63) is 81.0 Å². The predicted octanol–water partition coefficient (Wildman–Crippen LogP) is 3.53. The van der Waals surface area contributed by atoms with Gasteiger partial charge in [-0.2, -0.15) is 5.10 Å². The van der Waals surface area contributed by atoms with Crippen LogP contribution in [0, 0.1) is 10.1 Å². The maximum absolute atomic E-state index is 12.3. The van der Waals surface area contributed by atoms with Gasteiger partial charge in [0, 0.05) is 22.2 Å². The number of halogens is 1. The third kappa shape index (κ3) is 5.80. The Labute approximate surface area is 191 Å². The maximum atomic E-state index is 12.3. The normalized spacial score (nSPS) is 11.4. The number of hydrogen-bond donors (Lipinski definition) is 1. The third-order valence-electron chi connectivity index (χ3n) is 4.18. The molecule has 0 spiro atoms. The fourth-order valence-corrected chi connectivity index (χ4v) is 4.18. The fourth-order valence-electron chi connectivity index (χ4n) is 2.69. The standard InChI is InChI=1S/C20H17BrN4O6S/c1-32(29,30)24(18-5-3-2-4-17(18)21)13-20(26)23-22-12-16-10-11-19(31-16)14-6-8-15(9-7-14)25(27)28/h2-12H,13H2,1H3,(H,23,26)/b22-12+. The number of para-hydroxylation sites is 1. The zero-order chi connectivity index (χ0) is 23.3. The van der Waals surface area contributed by atoms with E-state index in [0.717, 1.165) is 10.6 Å². The Bertz CT molecular complexity index is 1270. The van der Waals surface area contributed by atoms with E-state index in [2.05, 4.69) is 26.5 Å². The molecule has 0 saturated heterocycles. The van der Waals surface area contributed by atoms with E-state index in [9.17, 15) is 23.3 Å². The van der Waals surface area contributed by atoms with Crippen LogP contribution in [0.5, 0.6) is 0 Å². The van der Waals surface area contributed by atoms with Gasteiger partial charge in [0.2, 0.25) is 10.0 Å². The molecule has 0 radical (unpaired) electrons. The van der Waals surface area contributed by atoms with E-state index in [4.69, 9.17) is 4.42 Å². The molecule has 1 aromatic heterocycles. The minimum Gasteiger partial charge on any atom is -0.455 e. The maximum Gasteiger partial charge on any atom is 0.269 e. The summed E-state index contributed by atoms with van der Waals surface area (Å²) >= 11 is 3.28. The van der Waals surface area contributed by atoms with E-state index >= 15 is 0 Å². The number of carbonyl (C=O) groups is 1. The van der Waals surface area contributed by atoms with Gasteiger partial charge in [-0.3, -0.25) is 19.2 Å². The summed E-state index contributed by atoms with van der Waals surface area (Å²) in [6, 6.07) is 15.7. The SMILES string of the molecule is CS(=O)(=O)N(CC(=O)N/N=C/c1ccc(-c2ccc([N+](=O)[O-])cc2)o1)c1ccccc1Br. The van der Waals surface area contributed by atoms with Crippen LogP contribution in [0.2, 0.25) is 0 Å². The highest BCUT2D eigenvalue weighted by molar-refractivity contribution is 9.10. The number of non-ortho nitro benzene ring substituents is 1. The van der Waals surface area contributed by atoms with Crippen molar-refractivity contribution < 1.29 is 22.6 Å². The van der Waals surface area contributed by atoms with Gasteiger partial charge in [0.1, 0.15) is 18.1 Å². The summed E-state index contributed by atoms with van der Waals surface area (Å²) in [5, 5.41) is 14.5. The van der Waals surface area contributed by atoms with Gasteiger partial charge in [-0.1, -0.05) is 12.1 Å². The summed E-state index contributed by atoms with van der Waals surface area (Å²) in [5.74, 6) is 0.138. The van der Waals surface area contributed by atoms with E-state index in [1.165, 1.54) is 18.3 Å². The molecule has 0 fully saturated rings. The Morgan fingerprint density at radius 3 is 2.50 bits per heavy atom. The Morgan fingerprint density at radius 2 is 1.88 bits per heavy atom. The summed E-state index contributed by atoms with van der Waals surface area (Å²) < 4.78 is 31.4. The van der Waals surface area contributed by atoms with Crippen molar-refractivity contribution in [2.75, 3.05) is 17.1 Å². The molecular weight excluding hydrogens is 504 g/mol. The molecule has 166 valence electrons. The number of amides is 1. The van der Waals surface area contributed by atoms with Crippen molar-refractivity contribution in [1.82, 2.24) is 5.43 Å². The molecule has 0 unspecified atom stereocenters. The van der Waals surface area contributed by atoms with Crippen LogP contribution in [0.4, 0.5) is 11.4 Å². The number of hydrogen-bond acceptors (Lipinski definition) is 7. The van der Waals surface area contributed by atoms with Crippen molar-refractivity contribution >= 4 is 49.4 Å². The second-order valence-electron chi connectivity index (χ2n) is 6.52. The largest absolute Gasteiger partial charge is 0.455 e. The first kappa shape index (κ1) is 23.2. The van der Waals surface area contributed by atoms with E-state index < -0.39 is 27.4 Å². The minimum absolute atomic E-state index is 0.0320. The zero-order valence-corrected chi connectivity index (χ0v) is 19.0. The van der Waals surface area contributed by atoms with Crippen molar-refractivity contribution in [1.29, 1.82) is 0 Å². The molecular formula is C20H17BrN4O6S. The van der Waals surface area contributed by atoms with Crippen molar-refractivity contribution in [2.24, 2.45) is 5.10 Å². The molecule has 0 atom stereocenters. The predicted molar refractivity (Wildman–Crippen MR) is 123 cm³/mol. The second-order valence-corrected chi connectivity index (χ2v) is 9.28. The number of anilines is 1. The van der Waals surface area contributed by atoms with Gasteiger partial charge < -0.3 is 4.42 Å². The second kappa shape index (κ2) is 9.75. The molecule has 1 N–H and O–H groups in total. The van der Waals surface area contributed by atoms with Gasteiger partial charge >= 0.3 is 0 Å². The Hall–Kier alpha value is -3.51. The van der Waals surface area contributed by atoms with Crippen molar-refractivity contribution in [3.8, 4) is 11.3 Å². The lowest BCUT2D eigenvalue weighted by Crippen LogP contribution is -2.39. The van der Waals surface area contributed by atoms with Crippen LogP contribution in [0.1, 0.15) is 5.76 Å². The van der Waals surface area contributed by atoms with Crippen LogP contribution in [0.15, 0.2) is 74.7 Å². The molecule has 0 aliphatic rings. The molecule has 12 heteroatoms. The Balaban J connectivity index is 1.65. The summed E-state index contributed by atoms with van der Waals surface area (Å²) in [6.07, 6.45) is 2.27. The lowest BCUT2D eigenvalue weighted by molar-refractivity contribution is -0.384. The number of carbonyl (C=O) groups excluding carboxylic acids is 1. The quantitative estimate of drug-likeness (QED) is 0.274. The monoisotopic (exact) mass is 520 g/mol. The zero-order valence-electron chi connectivity index (χ0n) is 16.6. The average molecular weight is 521 g/mol. The van der Waals surface area contributed by atoms with Crippen LogP contribution >= 0.6 is 15.9 Å². The van der Waals surface area contributed by atoms with Crippen LogP contribution in [0.3, 0.4) is 0 Å². The number of nitro groups is 1. The van der Waals surface area contributed by atoms with Gasteiger partial charge in [0.05, 0.1) is 23.1 Å². The van der Waals surface area contributed by atoms with E-state index in [1.807, 2.05) is 0 Å². The van der Waals surface area contributed by atoms with Crippen LogP contribution in [-0.2, 0) is 14.8 Å². The summed E-state index contributed by atoms with van der Waals surface area (Å²) in [6.45, 7) is -0.467. The number of nitrogens with zero attached hydrogens (tertiary/aromatic N) is 3. The first-order valence-electron chi connectivity index (χ1n) is 9.04. The van der Waals surface area contributed by atoms with E-state index in [1.54, 1.807) is 48.5 Å². The molecule has 1 heterocycles. The number of rotatable bonds is 8. The summed E-state index contributed by atoms with van der Waals surface area (Å²) in [4.78, 5) is 22.5. The molecule has 3 rings (SSSR count). The lowest BCUT2D eigenvalue weighted by Gasteiger charge is -2.22. The molecule has 3 aromatic rings. The van der Waals surface area contributed by atoms with E-state index in [0.29, 0.717) is 27.2 Å². The minimum atomic E-state index is -3.72. The fraction of sp³-hybridized carbons (Fsp3) is 0.100. The van der Waals surface area contributed by atoms with Gasteiger partial charge in [-0.25, -0.2) is 13.8 Å². The number of nitrogens with one attached hydrogen (secondary N) is 1. The lowest BCUT2D eigenvalue weighted by atomic mass is 10.1. The molecule has 2 aromatic carbocycles. The molecule has 10 nitrogen and oxygen atoms in total. The number of sulfonamides is 1. The third-order valence-corrected chi connectivity index (χ3v) is 5.98. The molecule has 32 heavy (non-hydrogen) atoms. The highest BCUT2D eigenvalue weighted by Gasteiger charge is 2.22. The van der Waals surface area contributed by atoms with Crippen molar-refractivity contribution in [3.63, 3.8) is 0 Å². The van der Waals surface area contributed by atoms with Gasteiger partial charge in [0.25, 0.3) is 11.6 Å². The molecule has 1 amide bonds. The number of hydrazone groups is 1. The van der Waals surface area contributed by atoms with Crippen LogP contribution < -0.4 is 9.73 Å². The summed E-state index contributed by atoms with van der Waals surface area (Å²) in [5.41, 5.74) is 3.20. The van der Waals surface area contributed by atoms with Crippen LogP contribution in [-0.4, -0.2) is 38.3 Å². The van der Waals surface area contributed by atoms with E-state index in [-0.39, 0.29) is 5.69 Å². The highest BCUT2D eigenvalue weighted by atomic mass is 79.9. The van der Waals surface area contributed by atoms with Gasteiger partial charge in [0.15, 0.2) is 0 Å². The first-order chi connectivity index (χ1) is 15.1. The molecule has 0 aliphatic carbocycles. The molecule has 0 saturated carbocycles. The topological polar surface area (TPSA) is 135 Å². The summed E-state index contributed by atoms with van der Waals surface area (Å²) in [7, 11) is -3.72. The Kier molecular flexibility index (Phi) is 7.05. The molecule has 0 aliphatic heterocycles. The van der Waals surface area contributed by atoms with Gasteiger partial charge in [-0.05, 0) is 52.3 Å². The number of benzene rings is 2. The highest BCUT2D eigenvalue weighted by Crippen LogP contribution is 2.27. The number of nitro benzene ring substituents is 1. The van der Waals surface area contributed by atoms with Crippen molar-refractivity contribution in [2.45, 2.75) is 0 Å². The Morgan fingerprint density at radius 1 is 1.19 bits per heavy atom. The van der Waals surface area contributed by atoms with Gasteiger partial charge in [-0.15, -0.1) is 0 Å². The first-order valence-corrected chi connectivity index (χ1v) is 11.7.